The first-order valence-electron chi connectivity index (χ1n) is 7.07. The summed E-state index contributed by atoms with van der Waals surface area (Å²) >= 11 is 0. The summed E-state index contributed by atoms with van der Waals surface area (Å²) < 4.78 is 5.22. The Balaban J connectivity index is 1.80. The number of non-ortho nitro benzene ring substituents is 1. The number of pyridine rings is 1. The van der Waals surface area contributed by atoms with Crippen molar-refractivity contribution in [3.8, 4) is 0 Å². The molecule has 3 aromatic rings. The second kappa shape index (κ2) is 6.33. The molecule has 3 rings (SSSR count). The lowest BCUT2D eigenvalue weighted by molar-refractivity contribution is -0.384. The molecule has 0 saturated heterocycles. The van der Waals surface area contributed by atoms with Crippen molar-refractivity contribution in [1.82, 2.24) is 4.98 Å². The van der Waals surface area contributed by atoms with Crippen molar-refractivity contribution in [3.05, 3.63) is 86.2 Å². The van der Waals surface area contributed by atoms with Crippen LogP contribution in [0.4, 0.5) is 5.69 Å². The SMILES string of the molecule is O=C(OCc1ccc([N+](=O)[O-])cc1)c1cc(=O)[nH]c2ccccc12. The summed E-state index contributed by atoms with van der Waals surface area (Å²) in [6.07, 6.45) is 0. The van der Waals surface area contributed by atoms with Gasteiger partial charge in [-0.2, -0.15) is 0 Å². The molecule has 0 saturated carbocycles. The third-order valence-corrected chi connectivity index (χ3v) is 3.49. The number of carbonyl (C=O) groups is 1. The molecular weight excluding hydrogens is 312 g/mol. The first kappa shape index (κ1) is 15.4. The molecule has 1 heterocycles. The summed E-state index contributed by atoms with van der Waals surface area (Å²) in [6.45, 7) is -0.0437. The predicted molar refractivity (Wildman–Crippen MR) is 86.8 cm³/mol. The molecule has 0 aliphatic carbocycles. The lowest BCUT2D eigenvalue weighted by Gasteiger charge is -2.07. The van der Waals surface area contributed by atoms with Crippen LogP contribution in [-0.2, 0) is 11.3 Å². The van der Waals surface area contributed by atoms with E-state index in [1.807, 2.05) is 0 Å². The third kappa shape index (κ3) is 3.14. The molecule has 0 bridgehead atoms. The van der Waals surface area contributed by atoms with Crippen LogP contribution >= 0.6 is 0 Å². The van der Waals surface area contributed by atoms with E-state index < -0.39 is 16.5 Å². The van der Waals surface area contributed by atoms with Gasteiger partial charge in [0.2, 0.25) is 5.56 Å². The number of aromatic amines is 1. The number of aromatic nitrogens is 1. The molecule has 120 valence electrons. The summed E-state index contributed by atoms with van der Waals surface area (Å²) in [6, 6.07) is 13.8. The van der Waals surface area contributed by atoms with Crippen molar-refractivity contribution in [2.45, 2.75) is 6.61 Å². The zero-order chi connectivity index (χ0) is 17.1. The summed E-state index contributed by atoms with van der Waals surface area (Å²) in [4.78, 5) is 36.7. The minimum atomic E-state index is -0.629. The first-order valence-corrected chi connectivity index (χ1v) is 7.07. The number of nitro benzene ring substituents is 1. The minimum Gasteiger partial charge on any atom is -0.457 e. The largest absolute Gasteiger partial charge is 0.457 e. The Morgan fingerprint density at radius 3 is 2.54 bits per heavy atom. The maximum absolute atomic E-state index is 12.3. The molecular formula is C17H12N2O5. The molecule has 1 aromatic heterocycles. The van der Waals surface area contributed by atoms with E-state index in [2.05, 4.69) is 4.98 Å². The van der Waals surface area contributed by atoms with E-state index in [1.165, 1.54) is 30.3 Å². The van der Waals surface area contributed by atoms with Crippen molar-refractivity contribution < 1.29 is 14.5 Å². The van der Waals surface area contributed by atoms with Crippen LogP contribution in [0.5, 0.6) is 0 Å². The Morgan fingerprint density at radius 2 is 1.83 bits per heavy atom. The fourth-order valence-electron chi connectivity index (χ4n) is 2.31. The van der Waals surface area contributed by atoms with E-state index >= 15 is 0 Å². The number of benzene rings is 2. The number of nitro groups is 1. The second-order valence-corrected chi connectivity index (χ2v) is 5.09. The molecule has 0 unspecified atom stereocenters. The number of hydrogen-bond donors (Lipinski definition) is 1. The molecule has 7 heteroatoms. The van der Waals surface area contributed by atoms with Gasteiger partial charge >= 0.3 is 5.97 Å². The maximum atomic E-state index is 12.3. The number of nitrogens with one attached hydrogen (secondary N) is 1. The molecule has 2 aromatic carbocycles. The Labute approximate surface area is 135 Å². The highest BCUT2D eigenvalue weighted by molar-refractivity contribution is 6.03. The highest BCUT2D eigenvalue weighted by Gasteiger charge is 2.13. The molecule has 0 radical (unpaired) electrons. The van der Waals surface area contributed by atoms with E-state index in [4.69, 9.17) is 4.74 Å². The van der Waals surface area contributed by atoms with E-state index in [0.717, 1.165) is 0 Å². The highest BCUT2D eigenvalue weighted by atomic mass is 16.6. The van der Waals surface area contributed by atoms with Crippen molar-refractivity contribution in [1.29, 1.82) is 0 Å². The molecule has 0 aliphatic rings. The number of carbonyl (C=O) groups excluding carboxylic acids is 1. The molecule has 0 spiro atoms. The van der Waals surface area contributed by atoms with Crippen LogP contribution in [0.3, 0.4) is 0 Å². The number of ether oxygens (including phenoxy) is 1. The second-order valence-electron chi connectivity index (χ2n) is 5.09. The van der Waals surface area contributed by atoms with Gasteiger partial charge < -0.3 is 9.72 Å². The fraction of sp³-hybridized carbons (Fsp3) is 0.0588. The molecule has 0 amide bonds. The minimum absolute atomic E-state index is 0.0364. The number of nitrogens with zero attached hydrogens (tertiary/aromatic N) is 1. The smallest absolute Gasteiger partial charge is 0.339 e. The normalized spacial score (nSPS) is 10.5. The van der Waals surface area contributed by atoms with Gasteiger partial charge in [-0.25, -0.2) is 4.79 Å². The van der Waals surface area contributed by atoms with E-state index in [9.17, 15) is 19.7 Å². The topological polar surface area (TPSA) is 102 Å². The first-order chi connectivity index (χ1) is 11.5. The van der Waals surface area contributed by atoms with Crippen molar-refractivity contribution >= 4 is 22.6 Å². The van der Waals surface area contributed by atoms with E-state index in [-0.39, 0.29) is 17.9 Å². The van der Waals surface area contributed by atoms with Crippen LogP contribution in [0.1, 0.15) is 15.9 Å². The number of rotatable bonds is 4. The maximum Gasteiger partial charge on any atom is 0.339 e. The average Bonchev–Trinajstić information content (AvgIpc) is 2.59. The van der Waals surface area contributed by atoms with E-state index in [0.29, 0.717) is 16.5 Å². The third-order valence-electron chi connectivity index (χ3n) is 3.49. The van der Waals surface area contributed by atoms with Crippen LogP contribution in [-0.4, -0.2) is 15.9 Å². The van der Waals surface area contributed by atoms with Gasteiger partial charge in [-0.15, -0.1) is 0 Å². The Hall–Kier alpha value is -3.48. The van der Waals surface area contributed by atoms with Gasteiger partial charge in [0.1, 0.15) is 6.61 Å². The van der Waals surface area contributed by atoms with Gasteiger partial charge in [-0.3, -0.25) is 14.9 Å². The number of fused-ring (bicyclic) bond motifs is 1. The quantitative estimate of drug-likeness (QED) is 0.451. The molecule has 0 atom stereocenters. The zero-order valence-corrected chi connectivity index (χ0v) is 12.4. The van der Waals surface area contributed by atoms with Crippen LogP contribution in [0.2, 0.25) is 0 Å². The summed E-state index contributed by atoms with van der Waals surface area (Å²) in [5.74, 6) is -0.629. The molecule has 1 N–H and O–H groups in total. The van der Waals surface area contributed by atoms with Crippen LogP contribution < -0.4 is 5.56 Å². The van der Waals surface area contributed by atoms with Crippen LogP contribution in [0.25, 0.3) is 10.9 Å². The number of esters is 1. The Morgan fingerprint density at radius 1 is 1.12 bits per heavy atom. The van der Waals surface area contributed by atoms with Gasteiger partial charge in [-0.05, 0) is 23.8 Å². The van der Waals surface area contributed by atoms with Gasteiger partial charge in [0.25, 0.3) is 5.69 Å². The summed E-state index contributed by atoms with van der Waals surface area (Å²) in [5, 5.41) is 11.2. The monoisotopic (exact) mass is 324 g/mol. The summed E-state index contributed by atoms with van der Waals surface area (Å²) in [5.41, 5.74) is 0.910. The number of hydrogen-bond acceptors (Lipinski definition) is 5. The molecule has 0 aliphatic heterocycles. The Kier molecular flexibility index (Phi) is 4.07. The van der Waals surface area contributed by atoms with Gasteiger partial charge in [-0.1, -0.05) is 18.2 Å². The lowest BCUT2D eigenvalue weighted by Crippen LogP contribution is -2.12. The molecule has 0 fully saturated rings. The standard InChI is InChI=1S/C17H12N2O5/c20-16-9-14(13-3-1-2-4-15(13)18-16)17(21)24-10-11-5-7-12(8-6-11)19(22)23/h1-9H,10H2,(H,18,20). The Bertz CT molecular complexity index is 976. The van der Waals surface area contributed by atoms with Crippen LogP contribution in [0.15, 0.2) is 59.4 Å². The molecule has 24 heavy (non-hydrogen) atoms. The van der Waals surface area contributed by atoms with Gasteiger partial charge in [0.05, 0.1) is 10.5 Å². The predicted octanol–water partition coefficient (Wildman–Crippen LogP) is 2.79. The summed E-state index contributed by atoms with van der Waals surface area (Å²) in [7, 11) is 0. The average molecular weight is 324 g/mol. The van der Waals surface area contributed by atoms with E-state index in [1.54, 1.807) is 24.3 Å². The highest BCUT2D eigenvalue weighted by Crippen LogP contribution is 2.17. The van der Waals surface area contributed by atoms with Crippen molar-refractivity contribution in [3.63, 3.8) is 0 Å². The van der Waals surface area contributed by atoms with Gasteiger partial charge in [0, 0.05) is 29.1 Å². The van der Waals surface area contributed by atoms with Crippen molar-refractivity contribution in [2.24, 2.45) is 0 Å². The number of H-pyrrole nitrogens is 1. The lowest BCUT2D eigenvalue weighted by atomic mass is 10.1. The fourth-order valence-corrected chi connectivity index (χ4v) is 2.31. The number of para-hydroxylation sites is 1. The van der Waals surface area contributed by atoms with Gasteiger partial charge in [0.15, 0.2) is 0 Å². The molecule has 7 nitrogen and oxygen atoms in total. The zero-order valence-electron chi connectivity index (χ0n) is 12.4. The van der Waals surface area contributed by atoms with Crippen LogP contribution in [0, 0.1) is 10.1 Å². The van der Waals surface area contributed by atoms with Crippen molar-refractivity contribution in [2.75, 3.05) is 0 Å².